The van der Waals surface area contributed by atoms with Crippen LogP contribution in [0.2, 0.25) is 0 Å². The fourth-order valence-corrected chi connectivity index (χ4v) is 1.40. The van der Waals surface area contributed by atoms with Crippen molar-refractivity contribution in [2.24, 2.45) is 11.1 Å². The molecule has 0 atom stereocenters. The van der Waals surface area contributed by atoms with Crippen LogP contribution in [0.3, 0.4) is 0 Å². The van der Waals surface area contributed by atoms with Crippen molar-refractivity contribution in [1.82, 2.24) is 4.90 Å². The highest BCUT2D eigenvalue weighted by atomic mass is 15.1. The molecular formula is C10H24N2. The first-order chi connectivity index (χ1) is 5.21. The summed E-state index contributed by atoms with van der Waals surface area (Å²) in [6.45, 7) is 9.70. The smallest absolute Gasteiger partial charge is 0.0152 e. The molecule has 0 heterocycles. The predicted octanol–water partition coefficient (Wildman–Crippen LogP) is 1.70. The predicted molar refractivity (Wildman–Crippen MR) is 55.2 cm³/mol. The van der Waals surface area contributed by atoms with Gasteiger partial charge in [-0.1, -0.05) is 13.8 Å². The lowest BCUT2D eigenvalue weighted by Crippen LogP contribution is -2.43. The summed E-state index contributed by atoms with van der Waals surface area (Å²) in [5.41, 5.74) is 6.18. The zero-order chi connectivity index (χ0) is 9.99. The van der Waals surface area contributed by atoms with Crippen LogP contribution in [-0.2, 0) is 0 Å². The molecule has 0 aromatic rings. The lowest BCUT2D eigenvalue weighted by atomic mass is 9.79. The Morgan fingerprint density at radius 2 is 1.50 bits per heavy atom. The maximum Gasteiger partial charge on any atom is 0.0152 e. The van der Waals surface area contributed by atoms with Gasteiger partial charge in [-0.3, -0.25) is 0 Å². The number of rotatable bonds is 4. The molecule has 0 rings (SSSR count). The minimum Gasteiger partial charge on any atom is -0.330 e. The van der Waals surface area contributed by atoms with Gasteiger partial charge < -0.3 is 10.6 Å². The SMILES string of the molecule is CN(C)C(C)(C)CC(C)(C)CN. The Balaban J connectivity index is 4.23. The van der Waals surface area contributed by atoms with Crippen molar-refractivity contribution in [1.29, 1.82) is 0 Å². The number of nitrogens with two attached hydrogens (primary N) is 1. The monoisotopic (exact) mass is 172 g/mol. The highest BCUT2D eigenvalue weighted by Crippen LogP contribution is 2.29. The molecular weight excluding hydrogens is 148 g/mol. The summed E-state index contributed by atoms with van der Waals surface area (Å²) in [5, 5.41) is 0. The van der Waals surface area contributed by atoms with E-state index in [0.29, 0.717) is 0 Å². The average Bonchev–Trinajstić information content (AvgIpc) is 1.85. The molecule has 0 unspecified atom stereocenters. The van der Waals surface area contributed by atoms with Crippen molar-refractivity contribution in [2.45, 2.75) is 39.7 Å². The molecule has 0 aliphatic rings. The van der Waals surface area contributed by atoms with Gasteiger partial charge in [0.15, 0.2) is 0 Å². The maximum atomic E-state index is 5.70. The van der Waals surface area contributed by atoms with E-state index < -0.39 is 0 Å². The summed E-state index contributed by atoms with van der Waals surface area (Å²) in [6, 6.07) is 0. The first kappa shape index (κ1) is 11.9. The molecule has 2 nitrogen and oxygen atoms in total. The van der Waals surface area contributed by atoms with Crippen LogP contribution in [0, 0.1) is 5.41 Å². The Hall–Kier alpha value is -0.0800. The van der Waals surface area contributed by atoms with E-state index in [1.54, 1.807) is 0 Å². The summed E-state index contributed by atoms with van der Waals surface area (Å²) in [7, 11) is 4.24. The molecule has 0 radical (unpaired) electrons. The molecule has 0 aliphatic heterocycles. The van der Waals surface area contributed by atoms with Gasteiger partial charge in [-0.25, -0.2) is 0 Å². The van der Waals surface area contributed by atoms with Crippen molar-refractivity contribution in [3.8, 4) is 0 Å². The summed E-state index contributed by atoms with van der Waals surface area (Å²) < 4.78 is 0. The molecule has 0 aliphatic carbocycles. The van der Waals surface area contributed by atoms with E-state index in [1.165, 1.54) is 0 Å². The summed E-state index contributed by atoms with van der Waals surface area (Å²) in [6.07, 6.45) is 1.13. The van der Waals surface area contributed by atoms with E-state index in [4.69, 9.17) is 5.73 Å². The van der Waals surface area contributed by atoms with Gasteiger partial charge in [0.2, 0.25) is 0 Å². The van der Waals surface area contributed by atoms with Crippen LogP contribution in [0.4, 0.5) is 0 Å². The van der Waals surface area contributed by atoms with Crippen molar-refractivity contribution in [3.05, 3.63) is 0 Å². The van der Waals surface area contributed by atoms with E-state index in [2.05, 4.69) is 46.7 Å². The molecule has 12 heavy (non-hydrogen) atoms. The molecule has 2 heteroatoms. The first-order valence-corrected chi connectivity index (χ1v) is 4.59. The van der Waals surface area contributed by atoms with Gasteiger partial charge in [-0.05, 0) is 46.3 Å². The van der Waals surface area contributed by atoms with Gasteiger partial charge in [0.25, 0.3) is 0 Å². The summed E-state index contributed by atoms with van der Waals surface area (Å²) in [5.74, 6) is 0. The van der Waals surface area contributed by atoms with Gasteiger partial charge in [0.05, 0.1) is 0 Å². The highest BCUT2D eigenvalue weighted by Gasteiger charge is 2.29. The zero-order valence-corrected chi connectivity index (χ0v) is 9.44. The minimum atomic E-state index is 0.239. The molecule has 0 bridgehead atoms. The number of nitrogens with zero attached hydrogens (tertiary/aromatic N) is 1. The Labute approximate surface area is 77.1 Å². The molecule has 0 aromatic heterocycles. The molecule has 0 saturated carbocycles. The van der Waals surface area contributed by atoms with Crippen LogP contribution >= 0.6 is 0 Å². The molecule has 0 aromatic carbocycles. The molecule has 0 saturated heterocycles. The minimum absolute atomic E-state index is 0.239. The number of hydrogen-bond donors (Lipinski definition) is 1. The number of hydrogen-bond acceptors (Lipinski definition) is 2. The standard InChI is InChI=1S/C10H24N2/c1-9(2,8-11)7-10(3,4)12(5)6/h7-8,11H2,1-6H3. The fraction of sp³-hybridized carbons (Fsp3) is 1.00. The third kappa shape index (κ3) is 3.55. The van der Waals surface area contributed by atoms with Crippen molar-refractivity contribution < 1.29 is 0 Å². The zero-order valence-electron chi connectivity index (χ0n) is 9.44. The first-order valence-electron chi connectivity index (χ1n) is 4.59. The Morgan fingerprint density at radius 1 is 1.08 bits per heavy atom. The van der Waals surface area contributed by atoms with E-state index in [9.17, 15) is 0 Å². The van der Waals surface area contributed by atoms with Crippen LogP contribution in [-0.4, -0.2) is 31.1 Å². The Kier molecular flexibility index (Phi) is 3.73. The van der Waals surface area contributed by atoms with E-state index in [-0.39, 0.29) is 11.0 Å². The topological polar surface area (TPSA) is 29.3 Å². The molecule has 0 spiro atoms. The van der Waals surface area contributed by atoms with Crippen LogP contribution in [0.1, 0.15) is 34.1 Å². The lowest BCUT2D eigenvalue weighted by molar-refractivity contribution is 0.125. The highest BCUT2D eigenvalue weighted by molar-refractivity contribution is 4.85. The Morgan fingerprint density at radius 3 is 1.75 bits per heavy atom. The second-order valence-electron chi connectivity index (χ2n) is 5.25. The van der Waals surface area contributed by atoms with Crippen LogP contribution in [0.25, 0.3) is 0 Å². The summed E-state index contributed by atoms with van der Waals surface area (Å²) >= 11 is 0. The molecule has 0 fully saturated rings. The van der Waals surface area contributed by atoms with Crippen molar-refractivity contribution in [2.75, 3.05) is 20.6 Å². The van der Waals surface area contributed by atoms with E-state index >= 15 is 0 Å². The average molecular weight is 172 g/mol. The summed E-state index contributed by atoms with van der Waals surface area (Å²) in [4.78, 5) is 2.25. The van der Waals surface area contributed by atoms with Crippen molar-refractivity contribution >= 4 is 0 Å². The normalized spacial score (nSPS) is 14.0. The van der Waals surface area contributed by atoms with Crippen molar-refractivity contribution in [3.63, 3.8) is 0 Å². The van der Waals surface area contributed by atoms with Gasteiger partial charge in [0.1, 0.15) is 0 Å². The van der Waals surface area contributed by atoms with Crippen LogP contribution in [0.15, 0.2) is 0 Å². The molecule has 0 amide bonds. The second-order valence-corrected chi connectivity index (χ2v) is 5.25. The van der Waals surface area contributed by atoms with E-state index in [1.807, 2.05) is 0 Å². The fourth-order valence-electron chi connectivity index (χ4n) is 1.40. The third-order valence-electron chi connectivity index (χ3n) is 2.67. The third-order valence-corrected chi connectivity index (χ3v) is 2.67. The van der Waals surface area contributed by atoms with Crippen LogP contribution in [0.5, 0.6) is 0 Å². The van der Waals surface area contributed by atoms with Gasteiger partial charge in [-0.15, -0.1) is 0 Å². The Bertz CT molecular complexity index is 137. The van der Waals surface area contributed by atoms with Crippen LogP contribution < -0.4 is 5.73 Å². The quantitative estimate of drug-likeness (QED) is 0.699. The van der Waals surface area contributed by atoms with Gasteiger partial charge >= 0.3 is 0 Å². The second kappa shape index (κ2) is 3.75. The molecule has 74 valence electrons. The molecule has 2 N–H and O–H groups in total. The van der Waals surface area contributed by atoms with Gasteiger partial charge in [0, 0.05) is 5.54 Å². The maximum absolute atomic E-state index is 5.70. The largest absolute Gasteiger partial charge is 0.330 e. The van der Waals surface area contributed by atoms with Gasteiger partial charge in [-0.2, -0.15) is 0 Å². The lowest BCUT2D eigenvalue weighted by Gasteiger charge is -2.39. The van der Waals surface area contributed by atoms with E-state index in [0.717, 1.165) is 13.0 Å².